The van der Waals surface area contributed by atoms with E-state index in [0.29, 0.717) is 0 Å². The van der Waals surface area contributed by atoms with Crippen molar-refractivity contribution in [3.63, 3.8) is 0 Å². The first kappa shape index (κ1) is 13.2. The van der Waals surface area contributed by atoms with Crippen LogP contribution in [-0.4, -0.2) is 0 Å². The highest BCUT2D eigenvalue weighted by Gasteiger charge is 2.35. The van der Waals surface area contributed by atoms with Crippen LogP contribution in [0, 0.1) is 17.8 Å². The van der Waals surface area contributed by atoms with Crippen LogP contribution in [0.3, 0.4) is 0 Å². The molecule has 4 unspecified atom stereocenters. The van der Waals surface area contributed by atoms with Gasteiger partial charge >= 0.3 is 0 Å². The molecule has 0 amide bonds. The Morgan fingerprint density at radius 3 is 2.42 bits per heavy atom. The second-order valence-corrected chi connectivity index (χ2v) is 6.91. The molecule has 0 N–H and O–H groups in total. The number of benzene rings is 1. The number of hydrogen-bond acceptors (Lipinski definition) is 0. The van der Waals surface area contributed by atoms with Gasteiger partial charge in [-0.25, -0.2) is 0 Å². The third-order valence-electron chi connectivity index (χ3n) is 5.69. The molecule has 0 aliphatic heterocycles. The molecule has 0 heterocycles. The minimum Gasteiger partial charge on any atom is -0.0654 e. The van der Waals surface area contributed by atoms with E-state index in [4.69, 9.17) is 0 Å². The quantitative estimate of drug-likeness (QED) is 0.642. The highest BCUT2D eigenvalue weighted by Crippen LogP contribution is 2.48. The van der Waals surface area contributed by atoms with Crippen molar-refractivity contribution in [3.8, 4) is 0 Å². The molecule has 2 aliphatic carbocycles. The fraction of sp³-hybridized carbons (Fsp3) is 0.684. The Morgan fingerprint density at radius 1 is 0.895 bits per heavy atom. The maximum Gasteiger partial charge on any atom is -0.0159 e. The van der Waals surface area contributed by atoms with Crippen molar-refractivity contribution in [1.82, 2.24) is 0 Å². The van der Waals surface area contributed by atoms with Gasteiger partial charge in [0.2, 0.25) is 0 Å². The lowest BCUT2D eigenvalue weighted by molar-refractivity contribution is 0.114. The third-order valence-corrected chi connectivity index (χ3v) is 5.69. The molecule has 19 heavy (non-hydrogen) atoms. The van der Waals surface area contributed by atoms with Crippen molar-refractivity contribution >= 4 is 0 Å². The molecule has 0 nitrogen and oxygen atoms in total. The average molecular weight is 256 g/mol. The normalized spacial score (nSPS) is 34.8. The van der Waals surface area contributed by atoms with E-state index >= 15 is 0 Å². The van der Waals surface area contributed by atoms with Crippen LogP contribution < -0.4 is 0 Å². The van der Waals surface area contributed by atoms with Crippen LogP contribution in [0.2, 0.25) is 0 Å². The van der Waals surface area contributed by atoms with Crippen LogP contribution in [-0.2, 0) is 0 Å². The van der Waals surface area contributed by atoms with Crippen molar-refractivity contribution in [1.29, 1.82) is 0 Å². The van der Waals surface area contributed by atoms with E-state index in [0.717, 1.165) is 23.7 Å². The van der Waals surface area contributed by atoms with E-state index < -0.39 is 0 Å². The standard InChI is InChI=1S/C19H28/c1-2-6-15-9-10-19-14-18(12-11-17(19)13-15)16-7-4-3-5-8-16/h3-5,7-8,15,17-19H,2,6,9-14H2,1H3. The predicted molar refractivity (Wildman–Crippen MR) is 82.3 cm³/mol. The van der Waals surface area contributed by atoms with Crippen LogP contribution in [0.15, 0.2) is 30.3 Å². The summed E-state index contributed by atoms with van der Waals surface area (Å²) in [5.41, 5.74) is 1.59. The van der Waals surface area contributed by atoms with Gasteiger partial charge in [0, 0.05) is 0 Å². The van der Waals surface area contributed by atoms with E-state index in [-0.39, 0.29) is 0 Å². The van der Waals surface area contributed by atoms with Gasteiger partial charge < -0.3 is 0 Å². The zero-order valence-corrected chi connectivity index (χ0v) is 12.4. The molecule has 0 spiro atoms. The molecular weight excluding hydrogens is 228 g/mol. The number of rotatable bonds is 3. The highest BCUT2D eigenvalue weighted by atomic mass is 14.4. The van der Waals surface area contributed by atoms with Gasteiger partial charge in [0.15, 0.2) is 0 Å². The zero-order chi connectivity index (χ0) is 13.1. The van der Waals surface area contributed by atoms with Crippen LogP contribution >= 0.6 is 0 Å². The van der Waals surface area contributed by atoms with Crippen molar-refractivity contribution < 1.29 is 0 Å². The molecule has 4 atom stereocenters. The zero-order valence-electron chi connectivity index (χ0n) is 12.4. The van der Waals surface area contributed by atoms with Crippen LogP contribution in [0.25, 0.3) is 0 Å². The van der Waals surface area contributed by atoms with Crippen LogP contribution in [0.1, 0.15) is 69.8 Å². The predicted octanol–water partition coefficient (Wildman–Crippen LogP) is 5.79. The van der Waals surface area contributed by atoms with Crippen molar-refractivity contribution in [2.45, 2.75) is 64.2 Å². The van der Waals surface area contributed by atoms with Crippen molar-refractivity contribution in [2.24, 2.45) is 17.8 Å². The van der Waals surface area contributed by atoms with Gasteiger partial charge in [-0.05, 0) is 61.3 Å². The van der Waals surface area contributed by atoms with Gasteiger partial charge in [-0.1, -0.05) is 56.5 Å². The molecule has 0 bridgehead atoms. The summed E-state index contributed by atoms with van der Waals surface area (Å²) in [5, 5.41) is 0. The second kappa shape index (κ2) is 6.11. The molecule has 1 aromatic rings. The Labute approximate surface area is 118 Å². The van der Waals surface area contributed by atoms with Crippen LogP contribution in [0.4, 0.5) is 0 Å². The summed E-state index contributed by atoms with van der Waals surface area (Å²) >= 11 is 0. The summed E-state index contributed by atoms with van der Waals surface area (Å²) in [5.74, 6) is 4.00. The van der Waals surface area contributed by atoms with Crippen molar-refractivity contribution in [2.75, 3.05) is 0 Å². The summed E-state index contributed by atoms with van der Waals surface area (Å²) in [7, 11) is 0. The molecule has 0 heteroatoms. The van der Waals surface area contributed by atoms with Gasteiger partial charge in [-0.3, -0.25) is 0 Å². The Morgan fingerprint density at radius 2 is 1.63 bits per heavy atom. The van der Waals surface area contributed by atoms with Crippen molar-refractivity contribution in [3.05, 3.63) is 35.9 Å². The molecule has 0 radical (unpaired) electrons. The first-order chi connectivity index (χ1) is 9.36. The first-order valence-corrected chi connectivity index (χ1v) is 8.41. The Bertz CT molecular complexity index is 380. The lowest BCUT2D eigenvalue weighted by Gasteiger charge is -2.42. The maximum absolute atomic E-state index is 2.35. The lowest BCUT2D eigenvalue weighted by atomic mass is 9.63. The maximum atomic E-state index is 2.35. The Hall–Kier alpha value is -0.780. The Kier molecular flexibility index (Phi) is 4.25. The van der Waals surface area contributed by atoms with Gasteiger partial charge in [0.1, 0.15) is 0 Å². The smallest absolute Gasteiger partial charge is 0.0159 e. The fourth-order valence-electron chi connectivity index (χ4n) is 4.68. The summed E-state index contributed by atoms with van der Waals surface area (Å²) < 4.78 is 0. The molecule has 2 aliphatic rings. The monoisotopic (exact) mass is 256 g/mol. The number of fused-ring (bicyclic) bond motifs is 1. The molecule has 0 aromatic heterocycles. The Balaban J connectivity index is 1.60. The average Bonchev–Trinajstić information content (AvgIpc) is 2.48. The molecular formula is C19H28. The van der Waals surface area contributed by atoms with Gasteiger partial charge in [0.05, 0.1) is 0 Å². The molecule has 104 valence electrons. The van der Waals surface area contributed by atoms with E-state index in [2.05, 4.69) is 37.3 Å². The SMILES string of the molecule is CCCC1CCC2CC(c3ccccc3)CCC2C1. The third kappa shape index (κ3) is 3.04. The molecule has 2 fully saturated rings. The minimum atomic E-state index is 0.852. The van der Waals surface area contributed by atoms with E-state index in [1.807, 2.05) is 0 Å². The van der Waals surface area contributed by atoms with E-state index in [1.54, 1.807) is 12.0 Å². The van der Waals surface area contributed by atoms with E-state index in [1.165, 1.54) is 44.9 Å². The van der Waals surface area contributed by atoms with Gasteiger partial charge in [-0.2, -0.15) is 0 Å². The lowest BCUT2D eigenvalue weighted by Crippen LogP contribution is -2.30. The van der Waals surface area contributed by atoms with Gasteiger partial charge in [0.25, 0.3) is 0 Å². The second-order valence-electron chi connectivity index (χ2n) is 6.91. The number of hydrogen-bond donors (Lipinski definition) is 0. The fourth-order valence-corrected chi connectivity index (χ4v) is 4.68. The van der Waals surface area contributed by atoms with Gasteiger partial charge in [-0.15, -0.1) is 0 Å². The first-order valence-electron chi connectivity index (χ1n) is 8.41. The topological polar surface area (TPSA) is 0 Å². The summed E-state index contributed by atoms with van der Waals surface area (Å²) in [6.45, 7) is 2.35. The molecule has 2 saturated carbocycles. The minimum absolute atomic E-state index is 0.852. The molecule has 1 aromatic carbocycles. The summed E-state index contributed by atoms with van der Waals surface area (Å²) in [4.78, 5) is 0. The van der Waals surface area contributed by atoms with E-state index in [9.17, 15) is 0 Å². The molecule has 3 rings (SSSR count). The summed E-state index contributed by atoms with van der Waals surface area (Å²) in [6, 6.07) is 11.2. The summed E-state index contributed by atoms with van der Waals surface area (Å²) in [6.07, 6.45) is 11.8. The largest absolute Gasteiger partial charge is 0.0654 e. The molecule has 0 saturated heterocycles. The highest BCUT2D eigenvalue weighted by molar-refractivity contribution is 5.20. The van der Waals surface area contributed by atoms with Crippen LogP contribution in [0.5, 0.6) is 0 Å².